The average molecular weight is 414 g/mol. The van der Waals surface area contributed by atoms with Crippen LogP contribution in [0.4, 0.5) is 27.9 Å². The second-order valence-corrected chi connectivity index (χ2v) is 7.08. The molecule has 2 unspecified atom stereocenters. The molecule has 2 heterocycles. The Morgan fingerprint density at radius 3 is 2.71 bits per heavy atom. The van der Waals surface area contributed by atoms with E-state index in [2.05, 4.69) is 32.6 Å². The number of anilines is 1. The second kappa shape index (κ2) is 8.76. The number of nitrogens with one attached hydrogen (secondary N) is 3. The number of para-hydroxylation sites is 2. The lowest BCUT2D eigenvalue weighted by molar-refractivity contribution is 0.230. The normalized spacial score (nSPS) is 17.5. The predicted octanol–water partition coefficient (Wildman–Crippen LogP) is 4.36. The van der Waals surface area contributed by atoms with Crippen LogP contribution in [0.3, 0.4) is 0 Å². The highest BCUT2D eigenvalue weighted by molar-refractivity contribution is 5.96. The monoisotopic (exact) mass is 414 g/mol. The summed E-state index contributed by atoms with van der Waals surface area (Å²) in [5.74, 6) is 1.01. The van der Waals surface area contributed by atoms with Crippen molar-refractivity contribution >= 4 is 35.5 Å². The highest BCUT2D eigenvalue weighted by Gasteiger charge is 2.43. The van der Waals surface area contributed by atoms with Gasteiger partial charge < -0.3 is 10.6 Å². The lowest BCUT2D eigenvalue weighted by Crippen LogP contribution is -2.59. The molecule has 156 valence electrons. The number of aromatic nitrogens is 2. The van der Waals surface area contributed by atoms with Gasteiger partial charge in [0.25, 0.3) is 5.82 Å². The van der Waals surface area contributed by atoms with Gasteiger partial charge >= 0.3 is 6.03 Å². The highest BCUT2D eigenvalue weighted by Crippen LogP contribution is 2.41. The Hall–Kier alpha value is -4.04. The molecule has 0 radical (unpaired) electrons. The molecule has 2 aromatic carbocycles. The highest BCUT2D eigenvalue weighted by atomic mass is 16.2. The third-order valence-electron chi connectivity index (χ3n) is 4.96. The van der Waals surface area contributed by atoms with Gasteiger partial charge in [-0.3, -0.25) is 0 Å². The summed E-state index contributed by atoms with van der Waals surface area (Å²) in [5, 5.41) is 6.08. The molecule has 3 N–H and O–H groups in total. The number of amides is 2. The average Bonchev–Trinajstić information content (AvgIpc) is 3.18. The van der Waals surface area contributed by atoms with Gasteiger partial charge in [-0.15, -0.1) is 6.58 Å². The summed E-state index contributed by atoms with van der Waals surface area (Å²) in [6, 6.07) is 19.1. The molecule has 8 heteroatoms. The molecule has 31 heavy (non-hydrogen) atoms. The van der Waals surface area contributed by atoms with Crippen LogP contribution in [0.15, 0.2) is 84.5 Å². The van der Waals surface area contributed by atoms with Gasteiger partial charge in [0, 0.05) is 24.9 Å². The fourth-order valence-corrected chi connectivity index (χ4v) is 3.41. The van der Waals surface area contributed by atoms with E-state index >= 15 is 0 Å². The Labute approximate surface area is 180 Å². The number of fused-ring (bicyclic) bond motifs is 1. The van der Waals surface area contributed by atoms with Gasteiger partial charge in [-0.25, -0.2) is 9.78 Å². The molecule has 0 fully saturated rings. The number of rotatable bonds is 7. The van der Waals surface area contributed by atoms with Crippen LogP contribution in [-0.4, -0.2) is 28.9 Å². The maximum Gasteiger partial charge on any atom is 0.360 e. The maximum absolute atomic E-state index is 12.6. The van der Waals surface area contributed by atoms with E-state index in [4.69, 9.17) is 4.98 Å². The van der Waals surface area contributed by atoms with E-state index in [0.29, 0.717) is 18.3 Å². The Kier molecular flexibility index (Phi) is 5.72. The van der Waals surface area contributed by atoms with Crippen molar-refractivity contribution in [3.8, 4) is 0 Å². The Bertz CT molecular complexity index is 1120. The summed E-state index contributed by atoms with van der Waals surface area (Å²) in [6.07, 6.45) is 4.94. The molecule has 2 amide bonds. The molecule has 2 atom stereocenters. The van der Waals surface area contributed by atoms with Crippen molar-refractivity contribution in [1.82, 2.24) is 25.3 Å². The van der Waals surface area contributed by atoms with Crippen LogP contribution >= 0.6 is 0 Å². The molecule has 1 aliphatic heterocycles. The van der Waals surface area contributed by atoms with E-state index in [-0.39, 0.29) is 16.7 Å². The molecule has 1 aromatic heterocycles. The van der Waals surface area contributed by atoms with Crippen LogP contribution < -0.4 is 20.7 Å². The largest absolute Gasteiger partial charge is 0.360 e. The van der Waals surface area contributed by atoms with Gasteiger partial charge in [0.2, 0.25) is 12.3 Å². The molecular formula is C23H24N7O+. The fraction of sp³-hybridized carbons (Fsp3) is 0.130. The molecule has 0 saturated carbocycles. The van der Waals surface area contributed by atoms with Crippen molar-refractivity contribution in [2.45, 2.75) is 13.0 Å². The van der Waals surface area contributed by atoms with Crippen LogP contribution in [0, 0.1) is 0 Å². The molecule has 4 rings (SSSR count). The maximum atomic E-state index is 12.6. The quantitative estimate of drug-likeness (QED) is 0.396. The molecule has 0 aliphatic carbocycles. The van der Waals surface area contributed by atoms with Gasteiger partial charge in [-0.1, -0.05) is 53.1 Å². The first-order chi connectivity index (χ1) is 15.1. The Balaban J connectivity index is 1.68. The SMILES string of the molecule is C=CCNC(=O)N[N+]1(c2ccnc(NC(C)c3ccccc3)n2)C=Nc2ccccc21. The minimum atomic E-state index is -0.367. The molecule has 0 saturated heterocycles. The van der Waals surface area contributed by atoms with Gasteiger partial charge in [0.05, 0.1) is 6.04 Å². The first-order valence-electron chi connectivity index (χ1n) is 9.98. The van der Waals surface area contributed by atoms with Gasteiger partial charge in [0.1, 0.15) is 5.69 Å². The molecule has 8 nitrogen and oxygen atoms in total. The van der Waals surface area contributed by atoms with Crippen LogP contribution in [0.25, 0.3) is 0 Å². The smallest absolute Gasteiger partial charge is 0.348 e. The van der Waals surface area contributed by atoms with E-state index in [1.165, 1.54) is 0 Å². The van der Waals surface area contributed by atoms with Crippen molar-refractivity contribution < 1.29 is 4.79 Å². The standard InChI is InChI=1S/C23H23N7O/c1-3-14-25-23(31)29-30(16-26-19-11-7-8-12-20(19)30)21-13-15-24-22(28-21)27-17(2)18-9-5-4-6-10-18/h3-13,15-17H,1,14H2,2H3,(H2-,24,25,27,28,29,31)/p+1. The second-order valence-electron chi connectivity index (χ2n) is 7.08. The zero-order chi connectivity index (χ0) is 21.7. The molecular weight excluding hydrogens is 390 g/mol. The number of benzene rings is 2. The lowest BCUT2D eigenvalue weighted by atomic mass is 10.1. The van der Waals surface area contributed by atoms with E-state index < -0.39 is 0 Å². The summed E-state index contributed by atoms with van der Waals surface area (Å²) < 4.78 is -0.157. The number of nitrogens with zero attached hydrogens (tertiary/aromatic N) is 4. The van der Waals surface area contributed by atoms with Crippen LogP contribution in [0.5, 0.6) is 0 Å². The van der Waals surface area contributed by atoms with E-state index in [1.54, 1.807) is 24.7 Å². The van der Waals surface area contributed by atoms with Crippen LogP contribution in [0.2, 0.25) is 0 Å². The van der Waals surface area contributed by atoms with E-state index in [0.717, 1.165) is 16.9 Å². The van der Waals surface area contributed by atoms with Crippen molar-refractivity contribution in [2.24, 2.45) is 4.99 Å². The van der Waals surface area contributed by atoms with Crippen LogP contribution in [-0.2, 0) is 0 Å². The third kappa shape index (κ3) is 4.15. The third-order valence-corrected chi connectivity index (χ3v) is 4.96. The number of hydrogen-bond acceptors (Lipinski definition) is 5. The number of hydrogen-bond donors (Lipinski definition) is 3. The number of carbonyl (C=O) groups is 1. The van der Waals surface area contributed by atoms with Crippen molar-refractivity contribution in [1.29, 1.82) is 0 Å². The Morgan fingerprint density at radius 2 is 1.90 bits per heavy atom. The zero-order valence-electron chi connectivity index (χ0n) is 17.2. The fourth-order valence-electron chi connectivity index (χ4n) is 3.41. The molecule has 3 aromatic rings. The van der Waals surface area contributed by atoms with E-state index in [9.17, 15) is 4.79 Å². The van der Waals surface area contributed by atoms with Crippen molar-refractivity contribution in [3.63, 3.8) is 0 Å². The van der Waals surface area contributed by atoms with Crippen molar-refractivity contribution in [2.75, 3.05) is 11.9 Å². The number of quaternary nitrogens is 1. The predicted molar refractivity (Wildman–Crippen MR) is 123 cm³/mol. The summed E-state index contributed by atoms with van der Waals surface area (Å²) in [4.78, 5) is 26.2. The van der Waals surface area contributed by atoms with Gasteiger partial charge in [0.15, 0.2) is 5.69 Å². The lowest BCUT2D eigenvalue weighted by Gasteiger charge is -2.28. The molecule has 0 spiro atoms. The minimum absolute atomic E-state index is 0.00767. The van der Waals surface area contributed by atoms with E-state index in [1.807, 2.05) is 61.5 Å². The number of aliphatic imine (C=N–C) groups is 1. The van der Waals surface area contributed by atoms with Crippen LogP contribution in [0.1, 0.15) is 18.5 Å². The summed E-state index contributed by atoms with van der Waals surface area (Å²) in [6.45, 7) is 6.03. The summed E-state index contributed by atoms with van der Waals surface area (Å²) in [7, 11) is 0. The summed E-state index contributed by atoms with van der Waals surface area (Å²) >= 11 is 0. The van der Waals surface area contributed by atoms with Gasteiger partial charge in [-0.2, -0.15) is 15.4 Å². The number of urea groups is 1. The van der Waals surface area contributed by atoms with Gasteiger partial charge in [-0.05, 0) is 18.6 Å². The number of carbonyl (C=O) groups excluding carboxylic acids is 1. The topological polar surface area (TPSA) is 91.3 Å². The zero-order valence-corrected chi connectivity index (χ0v) is 17.2. The molecule has 0 bridgehead atoms. The van der Waals surface area contributed by atoms with Crippen molar-refractivity contribution in [3.05, 3.63) is 85.1 Å². The summed E-state index contributed by atoms with van der Waals surface area (Å²) in [5.41, 5.74) is 5.66. The first-order valence-corrected chi connectivity index (χ1v) is 9.98. The molecule has 1 aliphatic rings. The first kappa shape index (κ1) is 20.2. The Morgan fingerprint density at radius 1 is 1.13 bits per heavy atom. The minimum Gasteiger partial charge on any atom is -0.348 e.